The number of aryl methyl sites for hydroxylation is 1. The molecule has 5 rings (SSSR count). The number of likely N-dealkylation sites (tertiary alicyclic amines) is 1. The first-order valence-corrected chi connectivity index (χ1v) is 10.6. The van der Waals surface area contributed by atoms with E-state index in [-0.39, 0.29) is 0 Å². The number of likely N-dealkylation sites (N-methyl/N-ethyl adjacent to an activating group) is 1. The predicted molar refractivity (Wildman–Crippen MR) is 117 cm³/mol. The molecule has 0 aliphatic carbocycles. The van der Waals surface area contributed by atoms with Crippen molar-refractivity contribution in [1.29, 1.82) is 0 Å². The lowest BCUT2D eigenvalue weighted by molar-refractivity contribution is 0.174. The fraction of sp³-hybridized carbons (Fsp3) is 0.417. The van der Waals surface area contributed by atoms with Gasteiger partial charge in [0.25, 0.3) is 0 Å². The number of nitrogens with one attached hydrogen (secondary N) is 2. The normalized spacial score (nSPS) is 17.3. The van der Waals surface area contributed by atoms with Gasteiger partial charge < -0.3 is 24.7 Å². The fourth-order valence-electron chi connectivity index (χ4n) is 4.70. The maximum Gasteiger partial charge on any atom is 0.231 e. The van der Waals surface area contributed by atoms with Crippen LogP contribution in [0.4, 0.5) is 0 Å². The van der Waals surface area contributed by atoms with Gasteiger partial charge in [-0.3, -0.25) is 0 Å². The van der Waals surface area contributed by atoms with Gasteiger partial charge in [0.05, 0.1) is 0 Å². The summed E-state index contributed by atoms with van der Waals surface area (Å²) in [5, 5.41) is 4.58. The fourth-order valence-corrected chi connectivity index (χ4v) is 4.70. The number of benzene rings is 2. The first kappa shape index (κ1) is 18.5. The van der Waals surface area contributed by atoms with Gasteiger partial charge in [0.1, 0.15) is 0 Å². The van der Waals surface area contributed by atoms with E-state index in [1.54, 1.807) is 0 Å². The highest BCUT2D eigenvalue weighted by Crippen LogP contribution is 2.39. The summed E-state index contributed by atoms with van der Waals surface area (Å²) in [5.74, 6) is 2.31. The van der Waals surface area contributed by atoms with Gasteiger partial charge in [-0.15, -0.1) is 0 Å². The third-order valence-electron chi connectivity index (χ3n) is 6.48. The molecule has 1 saturated heterocycles. The number of aromatic amines is 1. The molecule has 2 aliphatic heterocycles. The third-order valence-corrected chi connectivity index (χ3v) is 6.48. The van der Waals surface area contributed by atoms with Crippen LogP contribution < -0.4 is 14.8 Å². The number of hydrogen-bond donors (Lipinski definition) is 2. The lowest BCUT2D eigenvalue weighted by Crippen LogP contribution is -2.37. The number of nitrogens with zero attached hydrogens (tertiary/aromatic N) is 1. The first-order valence-electron chi connectivity index (χ1n) is 10.6. The van der Waals surface area contributed by atoms with Gasteiger partial charge in [0, 0.05) is 35.2 Å². The topological polar surface area (TPSA) is 49.5 Å². The SMILES string of the molecule is CNCCN1CCC(c2ccc3[nH]c(-c4ccc5c(c4)OCO5)c(C)c3c2)CC1. The van der Waals surface area contributed by atoms with Crippen LogP contribution in [0.5, 0.6) is 11.5 Å². The van der Waals surface area contributed by atoms with Crippen molar-refractivity contribution in [3.8, 4) is 22.8 Å². The van der Waals surface area contributed by atoms with Crippen LogP contribution >= 0.6 is 0 Å². The Bertz CT molecular complexity index is 1020. The molecule has 5 nitrogen and oxygen atoms in total. The Kier molecular flexibility index (Phi) is 4.94. The molecule has 2 N–H and O–H groups in total. The molecule has 3 aromatic rings. The van der Waals surface area contributed by atoms with Crippen LogP contribution in [0, 0.1) is 6.92 Å². The minimum absolute atomic E-state index is 0.307. The molecule has 3 heterocycles. The number of hydrogen-bond acceptors (Lipinski definition) is 4. The van der Waals surface area contributed by atoms with Crippen molar-refractivity contribution < 1.29 is 9.47 Å². The summed E-state index contributed by atoms with van der Waals surface area (Å²) >= 11 is 0. The van der Waals surface area contributed by atoms with Crippen molar-refractivity contribution in [2.24, 2.45) is 0 Å². The molecule has 0 radical (unpaired) electrons. The number of rotatable bonds is 5. The molecule has 152 valence electrons. The van der Waals surface area contributed by atoms with Crippen molar-refractivity contribution in [2.75, 3.05) is 40.0 Å². The van der Waals surface area contributed by atoms with Gasteiger partial charge in [-0.05, 0) is 87.3 Å². The number of ether oxygens (including phenoxy) is 2. The van der Waals surface area contributed by atoms with Gasteiger partial charge >= 0.3 is 0 Å². The van der Waals surface area contributed by atoms with Crippen molar-refractivity contribution in [3.63, 3.8) is 0 Å². The smallest absolute Gasteiger partial charge is 0.231 e. The maximum absolute atomic E-state index is 5.56. The van der Waals surface area contributed by atoms with Crippen molar-refractivity contribution in [2.45, 2.75) is 25.7 Å². The molecule has 1 aromatic heterocycles. The van der Waals surface area contributed by atoms with Crippen LogP contribution in [0.2, 0.25) is 0 Å². The van der Waals surface area contributed by atoms with E-state index in [0.29, 0.717) is 12.7 Å². The molecule has 1 fully saturated rings. The number of aromatic nitrogens is 1. The molecule has 0 bridgehead atoms. The van der Waals surface area contributed by atoms with Gasteiger partial charge in [-0.1, -0.05) is 6.07 Å². The molecular formula is C24H29N3O2. The van der Waals surface area contributed by atoms with E-state index in [1.807, 2.05) is 13.1 Å². The highest BCUT2D eigenvalue weighted by molar-refractivity contribution is 5.91. The van der Waals surface area contributed by atoms with E-state index in [2.05, 4.69) is 52.5 Å². The first-order chi connectivity index (χ1) is 14.2. The average molecular weight is 392 g/mol. The second-order valence-corrected chi connectivity index (χ2v) is 8.22. The summed E-state index contributed by atoms with van der Waals surface area (Å²) in [4.78, 5) is 6.19. The summed E-state index contributed by atoms with van der Waals surface area (Å²) in [5.41, 5.74) is 6.28. The molecule has 5 heteroatoms. The molecule has 2 aliphatic rings. The van der Waals surface area contributed by atoms with Crippen LogP contribution in [-0.4, -0.2) is 49.9 Å². The van der Waals surface area contributed by atoms with E-state index in [0.717, 1.165) is 35.8 Å². The Morgan fingerprint density at radius 1 is 1.07 bits per heavy atom. The van der Waals surface area contributed by atoms with Crippen LogP contribution in [0.25, 0.3) is 22.2 Å². The lowest BCUT2D eigenvalue weighted by Gasteiger charge is -2.32. The molecule has 0 atom stereocenters. The van der Waals surface area contributed by atoms with Crippen LogP contribution in [0.15, 0.2) is 36.4 Å². The van der Waals surface area contributed by atoms with E-state index in [1.165, 1.54) is 48.0 Å². The molecule has 0 amide bonds. The Hall–Kier alpha value is -2.50. The Labute approximate surface area is 172 Å². The van der Waals surface area contributed by atoms with Gasteiger partial charge in [-0.2, -0.15) is 0 Å². The quantitative estimate of drug-likeness (QED) is 0.682. The number of piperidine rings is 1. The highest BCUT2D eigenvalue weighted by atomic mass is 16.7. The zero-order chi connectivity index (χ0) is 19.8. The minimum Gasteiger partial charge on any atom is -0.454 e. The Balaban J connectivity index is 1.39. The van der Waals surface area contributed by atoms with Crippen molar-refractivity contribution in [3.05, 3.63) is 47.5 Å². The summed E-state index contributed by atoms with van der Waals surface area (Å²) in [7, 11) is 2.03. The summed E-state index contributed by atoms with van der Waals surface area (Å²) in [6.07, 6.45) is 2.49. The van der Waals surface area contributed by atoms with Crippen LogP contribution in [0.1, 0.15) is 29.9 Å². The highest BCUT2D eigenvalue weighted by Gasteiger charge is 2.22. The molecular weight excluding hydrogens is 362 g/mol. The Morgan fingerprint density at radius 3 is 2.72 bits per heavy atom. The van der Waals surface area contributed by atoms with Crippen molar-refractivity contribution in [1.82, 2.24) is 15.2 Å². The predicted octanol–water partition coefficient (Wildman–Crippen LogP) is 4.27. The summed E-state index contributed by atoms with van der Waals surface area (Å²) in [6, 6.07) is 13.1. The average Bonchev–Trinajstić information content (AvgIpc) is 3.36. The van der Waals surface area contributed by atoms with Gasteiger partial charge in [0.15, 0.2) is 11.5 Å². The van der Waals surface area contributed by atoms with E-state index < -0.39 is 0 Å². The zero-order valence-electron chi connectivity index (χ0n) is 17.3. The van der Waals surface area contributed by atoms with Gasteiger partial charge in [0.2, 0.25) is 6.79 Å². The second-order valence-electron chi connectivity index (χ2n) is 8.22. The van der Waals surface area contributed by atoms with E-state index in [9.17, 15) is 0 Å². The molecule has 0 spiro atoms. The standard InChI is InChI=1S/C24H29N3O2/c1-16-20-13-18(17-7-10-27(11-8-17)12-9-25-2)3-5-21(20)26-24(16)19-4-6-22-23(14-19)29-15-28-22/h3-6,13-14,17,25-26H,7-12,15H2,1-2H3. The van der Waals surface area contributed by atoms with Crippen LogP contribution in [0.3, 0.4) is 0 Å². The summed E-state index contributed by atoms with van der Waals surface area (Å²) in [6.45, 7) is 7.13. The Morgan fingerprint density at radius 2 is 1.90 bits per heavy atom. The monoisotopic (exact) mass is 391 g/mol. The number of H-pyrrole nitrogens is 1. The van der Waals surface area contributed by atoms with E-state index >= 15 is 0 Å². The molecule has 29 heavy (non-hydrogen) atoms. The van der Waals surface area contributed by atoms with Crippen molar-refractivity contribution >= 4 is 10.9 Å². The zero-order valence-corrected chi connectivity index (χ0v) is 17.3. The molecule has 0 saturated carbocycles. The number of fused-ring (bicyclic) bond motifs is 2. The second kappa shape index (κ2) is 7.73. The minimum atomic E-state index is 0.307. The van der Waals surface area contributed by atoms with Crippen LogP contribution in [-0.2, 0) is 0 Å². The lowest BCUT2D eigenvalue weighted by atomic mass is 9.88. The van der Waals surface area contributed by atoms with E-state index in [4.69, 9.17) is 9.47 Å². The largest absolute Gasteiger partial charge is 0.454 e. The maximum atomic E-state index is 5.56. The molecule has 2 aromatic carbocycles. The molecule has 0 unspecified atom stereocenters. The summed E-state index contributed by atoms with van der Waals surface area (Å²) < 4.78 is 11.0. The van der Waals surface area contributed by atoms with Gasteiger partial charge in [-0.25, -0.2) is 0 Å². The third kappa shape index (κ3) is 3.49.